The Bertz CT molecular complexity index is 526. The molecule has 0 aromatic heterocycles. The summed E-state index contributed by atoms with van der Waals surface area (Å²) >= 11 is 5.96. The highest BCUT2D eigenvalue weighted by molar-refractivity contribution is 6.30. The predicted molar refractivity (Wildman–Crippen MR) is 84.7 cm³/mol. The number of nitriles is 1. The summed E-state index contributed by atoms with van der Waals surface area (Å²) in [5.74, 6) is 0. The van der Waals surface area contributed by atoms with Gasteiger partial charge in [0.25, 0.3) is 0 Å². The van der Waals surface area contributed by atoms with Crippen molar-refractivity contribution < 1.29 is 4.74 Å². The van der Waals surface area contributed by atoms with Gasteiger partial charge in [-0.05, 0) is 43.9 Å². The maximum atomic E-state index is 9.26. The fourth-order valence-corrected chi connectivity index (χ4v) is 3.58. The first-order valence-electron chi connectivity index (χ1n) is 7.86. The molecule has 1 aromatic carbocycles. The molecule has 0 unspecified atom stereocenters. The molecule has 0 atom stereocenters. The Balaban J connectivity index is 1.59. The monoisotopic (exact) mass is 304 g/mol. The van der Waals surface area contributed by atoms with Crippen molar-refractivity contribution in [2.45, 2.75) is 50.7 Å². The molecule has 0 amide bonds. The van der Waals surface area contributed by atoms with Crippen molar-refractivity contribution in [2.75, 3.05) is 18.0 Å². The Morgan fingerprint density at radius 1 is 1.10 bits per heavy atom. The molecule has 1 aromatic rings. The number of hydrogen-bond acceptors (Lipinski definition) is 3. The Kier molecular flexibility index (Phi) is 4.67. The van der Waals surface area contributed by atoms with Gasteiger partial charge in [-0.2, -0.15) is 5.26 Å². The standard InChI is InChI=1S/C17H21ClN2O/c18-14-5-6-17(13(11-14)12-19)20-9-7-16(8-10-20)21-15-3-1-2-4-15/h5-6,11,15-16H,1-4,7-10H2. The minimum atomic E-state index is 0.391. The first kappa shape index (κ1) is 14.7. The molecule has 0 spiro atoms. The molecule has 1 heterocycles. The normalized spacial score (nSPS) is 20.7. The van der Waals surface area contributed by atoms with Crippen molar-refractivity contribution in [1.82, 2.24) is 0 Å². The van der Waals surface area contributed by atoms with E-state index >= 15 is 0 Å². The van der Waals surface area contributed by atoms with Gasteiger partial charge in [0.15, 0.2) is 0 Å². The summed E-state index contributed by atoms with van der Waals surface area (Å²) in [6.45, 7) is 1.90. The van der Waals surface area contributed by atoms with Gasteiger partial charge < -0.3 is 9.64 Å². The zero-order valence-corrected chi connectivity index (χ0v) is 13.0. The molecule has 0 N–H and O–H groups in total. The van der Waals surface area contributed by atoms with Crippen molar-refractivity contribution in [3.05, 3.63) is 28.8 Å². The Morgan fingerprint density at radius 2 is 1.76 bits per heavy atom. The van der Waals surface area contributed by atoms with Gasteiger partial charge in [-0.25, -0.2) is 0 Å². The molecule has 112 valence electrons. The van der Waals surface area contributed by atoms with Gasteiger partial charge in [-0.3, -0.25) is 0 Å². The zero-order valence-electron chi connectivity index (χ0n) is 12.2. The fraction of sp³-hybridized carbons (Fsp3) is 0.588. The molecule has 4 heteroatoms. The van der Waals surface area contributed by atoms with Crippen LogP contribution in [-0.2, 0) is 4.74 Å². The van der Waals surface area contributed by atoms with Crippen LogP contribution in [0.25, 0.3) is 0 Å². The summed E-state index contributed by atoms with van der Waals surface area (Å²) in [5.41, 5.74) is 1.67. The second kappa shape index (κ2) is 6.68. The lowest BCUT2D eigenvalue weighted by Crippen LogP contribution is -2.38. The van der Waals surface area contributed by atoms with Crippen molar-refractivity contribution >= 4 is 17.3 Å². The van der Waals surface area contributed by atoms with Gasteiger partial charge in [0.05, 0.1) is 23.5 Å². The topological polar surface area (TPSA) is 36.3 Å². The number of benzene rings is 1. The fourth-order valence-electron chi connectivity index (χ4n) is 3.40. The Morgan fingerprint density at radius 3 is 2.43 bits per heavy atom. The first-order chi connectivity index (χ1) is 10.3. The lowest BCUT2D eigenvalue weighted by molar-refractivity contribution is -0.0194. The minimum absolute atomic E-state index is 0.391. The van der Waals surface area contributed by atoms with Gasteiger partial charge in [-0.1, -0.05) is 24.4 Å². The van der Waals surface area contributed by atoms with Crippen LogP contribution in [0.1, 0.15) is 44.1 Å². The lowest BCUT2D eigenvalue weighted by Gasteiger charge is -2.35. The zero-order chi connectivity index (χ0) is 14.7. The molecule has 21 heavy (non-hydrogen) atoms. The highest BCUT2D eigenvalue weighted by Gasteiger charge is 2.25. The number of halogens is 1. The van der Waals surface area contributed by atoms with Gasteiger partial charge in [-0.15, -0.1) is 0 Å². The van der Waals surface area contributed by atoms with Crippen molar-refractivity contribution in [3.8, 4) is 6.07 Å². The highest BCUT2D eigenvalue weighted by Crippen LogP contribution is 2.29. The van der Waals surface area contributed by atoms with Gasteiger partial charge in [0.2, 0.25) is 0 Å². The van der Waals surface area contributed by atoms with Crippen LogP contribution in [0.4, 0.5) is 5.69 Å². The van der Waals surface area contributed by atoms with E-state index in [9.17, 15) is 5.26 Å². The quantitative estimate of drug-likeness (QED) is 0.842. The second-order valence-corrected chi connectivity index (χ2v) is 6.44. The van der Waals surface area contributed by atoms with Crippen LogP contribution in [0, 0.1) is 11.3 Å². The van der Waals surface area contributed by atoms with Crippen LogP contribution in [-0.4, -0.2) is 25.3 Å². The van der Waals surface area contributed by atoms with E-state index in [0.29, 0.717) is 22.8 Å². The summed E-state index contributed by atoms with van der Waals surface area (Å²) in [4.78, 5) is 2.28. The van der Waals surface area contributed by atoms with Gasteiger partial charge in [0.1, 0.15) is 6.07 Å². The molecule has 0 bridgehead atoms. The van der Waals surface area contributed by atoms with Crippen LogP contribution >= 0.6 is 11.6 Å². The molecule has 3 rings (SSSR count). The van der Waals surface area contributed by atoms with E-state index < -0.39 is 0 Å². The van der Waals surface area contributed by atoms with E-state index in [1.807, 2.05) is 12.1 Å². The largest absolute Gasteiger partial charge is 0.375 e. The van der Waals surface area contributed by atoms with E-state index in [1.165, 1.54) is 25.7 Å². The molecular formula is C17H21ClN2O. The molecule has 1 aliphatic heterocycles. The van der Waals surface area contributed by atoms with E-state index in [1.54, 1.807) is 6.07 Å². The van der Waals surface area contributed by atoms with Crippen molar-refractivity contribution in [1.29, 1.82) is 5.26 Å². The highest BCUT2D eigenvalue weighted by atomic mass is 35.5. The van der Waals surface area contributed by atoms with Gasteiger partial charge in [0, 0.05) is 18.1 Å². The predicted octanol–water partition coefficient (Wildman–Crippen LogP) is 4.14. The molecule has 1 saturated carbocycles. The number of rotatable bonds is 3. The van der Waals surface area contributed by atoms with Crippen LogP contribution in [0.5, 0.6) is 0 Å². The summed E-state index contributed by atoms with van der Waals surface area (Å²) in [5, 5.41) is 9.88. The molecule has 1 aliphatic carbocycles. The van der Waals surface area contributed by atoms with Crippen molar-refractivity contribution in [2.24, 2.45) is 0 Å². The molecule has 2 fully saturated rings. The summed E-state index contributed by atoms with van der Waals surface area (Å²) in [6, 6.07) is 7.81. The van der Waals surface area contributed by atoms with E-state index in [-0.39, 0.29) is 0 Å². The van der Waals surface area contributed by atoms with Crippen LogP contribution in [0.2, 0.25) is 5.02 Å². The molecular weight excluding hydrogens is 284 g/mol. The number of hydrogen-bond donors (Lipinski definition) is 0. The van der Waals surface area contributed by atoms with Crippen molar-refractivity contribution in [3.63, 3.8) is 0 Å². The number of ether oxygens (including phenoxy) is 1. The molecule has 3 nitrogen and oxygen atoms in total. The van der Waals surface area contributed by atoms with E-state index in [0.717, 1.165) is 31.6 Å². The third-order valence-corrected chi connectivity index (χ3v) is 4.78. The maximum absolute atomic E-state index is 9.26. The minimum Gasteiger partial charge on any atom is -0.375 e. The average Bonchev–Trinajstić information content (AvgIpc) is 3.01. The van der Waals surface area contributed by atoms with E-state index in [2.05, 4.69) is 11.0 Å². The average molecular weight is 305 g/mol. The number of nitrogens with zero attached hydrogens (tertiary/aromatic N) is 2. The van der Waals surface area contributed by atoms with Crippen LogP contribution < -0.4 is 4.90 Å². The Hall–Kier alpha value is -1.24. The summed E-state index contributed by atoms with van der Waals surface area (Å²) in [6.07, 6.45) is 8.08. The molecule has 0 radical (unpaired) electrons. The summed E-state index contributed by atoms with van der Waals surface area (Å²) in [7, 11) is 0. The molecule has 2 aliphatic rings. The van der Waals surface area contributed by atoms with E-state index in [4.69, 9.17) is 16.3 Å². The third-order valence-electron chi connectivity index (χ3n) is 4.55. The lowest BCUT2D eigenvalue weighted by atomic mass is 10.0. The molecule has 1 saturated heterocycles. The SMILES string of the molecule is N#Cc1cc(Cl)ccc1N1CCC(OC2CCCC2)CC1. The Labute approximate surface area is 131 Å². The summed E-state index contributed by atoms with van der Waals surface area (Å²) < 4.78 is 6.20. The second-order valence-electron chi connectivity index (χ2n) is 6.00. The smallest absolute Gasteiger partial charge is 0.101 e. The third kappa shape index (κ3) is 3.51. The van der Waals surface area contributed by atoms with Gasteiger partial charge >= 0.3 is 0 Å². The van der Waals surface area contributed by atoms with Crippen LogP contribution in [0.3, 0.4) is 0 Å². The maximum Gasteiger partial charge on any atom is 0.101 e. The number of anilines is 1. The number of piperidine rings is 1. The first-order valence-corrected chi connectivity index (χ1v) is 8.24. The van der Waals surface area contributed by atoms with Crippen LogP contribution in [0.15, 0.2) is 18.2 Å².